The molecule has 0 spiro atoms. The minimum Gasteiger partial charge on any atom is -0.444 e. The molecule has 48 heavy (non-hydrogen) atoms. The molecule has 262 valence electrons. The number of fused-ring (bicyclic) bond motifs is 1. The highest BCUT2D eigenvalue weighted by molar-refractivity contribution is 9.10. The monoisotopic (exact) mass is 737 g/mol. The third-order valence-electron chi connectivity index (χ3n) is 9.20. The molecule has 2 aromatic carbocycles. The van der Waals surface area contributed by atoms with Crippen molar-refractivity contribution in [1.29, 1.82) is 0 Å². The standard InChI is InChI=1S/C34H43BrF3N5O5/c1-23-16-25(19-27(17-23)34(36,37)38)22-48-33(46)42-20-26(18-24-5-7-28(35)8-6-24)31(44)43-29(4-2-3-9-39)32(45)41(21-30(42)43)11-10-40-12-14-47-15-13-40/h5-8,16-17,19,26,29-30H,2-4,9-15,18,20-22,39H2,1H3/t26-,29-,30+/m0/s1. The highest BCUT2D eigenvalue weighted by atomic mass is 79.9. The Morgan fingerprint density at radius 2 is 1.73 bits per heavy atom. The van der Waals surface area contributed by atoms with Crippen LogP contribution in [0.2, 0.25) is 0 Å². The number of unbranched alkanes of at least 4 members (excludes halogenated alkanes) is 1. The van der Waals surface area contributed by atoms with Crippen LogP contribution in [0.1, 0.15) is 41.5 Å². The van der Waals surface area contributed by atoms with Gasteiger partial charge in [0.1, 0.15) is 18.8 Å². The molecule has 10 nitrogen and oxygen atoms in total. The maximum Gasteiger partial charge on any atom is 0.416 e. The number of rotatable bonds is 11. The predicted molar refractivity (Wildman–Crippen MR) is 176 cm³/mol. The van der Waals surface area contributed by atoms with Gasteiger partial charge in [0.25, 0.3) is 0 Å². The zero-order valence-corrected chi connectivity index (χ0v) is 28.7. The first-order chi connectivity index (χ1) is 22.9. The Morgan fingerprint density at radius 1 is 1.00 bits per heavy atom. The molecule has 0 unspecified atom stereocenters. The molecule has 3 atom stereocenters. The van der Waals surface area contributed by atoms with E-state index < -0.39 is 36.0 Å². The summed E-state index contributed by atoms with van der Waals surface area (Å²) in [5.74, 6) is -1.03. The molecule has 3 fully saturated rings. The van der Waals surface area contributed by atoms with Crippen molar-refractivity contribution in [1.82, 2.24) is 19.6 Å². The van der Waals surface area contributed by atoms with E-state index >= 15 is 0 Å². The fourth-order valence-corrected chi connectivity index (χ4v) is 7.00. The van der Waals surface area contributed by atoms with E-state index in [9.17, 15) is 27.6 Å². The van der Waals surface area contributed by atoms with Crippen molar-refractivity contribution in [2.24, 2.45) is 11.7 Å². The van der Waals surface area contributed by atoms with E-state index in [2.05, 4.69) is 20.8 Å². The molecular weight excluding hydrogens is 695 g/mol. The number of benzene rings is 2. The summed E-state index contributed by atoms with van der Waals surface area (Å²) in [7, 11) is 0. The smallest absolute Gasteiger partial charge is 0.416 e. The summed E-state index contributed by atoms with van der Waals surface area (Å²) < 4.78 is 52.5. The van der Waals surface area contributed by atoms with E-state index in [1.165, 1.54) is 4.90 Å². The van der Waals surface area contributed by atoms with Gasteiger partial charge in [-0.05, 0) is 74.5 Å². The topological polar surface area (TPSA) is 109 Å². The lowest BCUT2D eigenvalue weighted by molar-refractivity contribution is -0.173. The van der Waals surface area contributed by atoms with Gasteiger partial charge in [-0.3, -0.25) is 19.4 Å². The number of morpholine rings is 1. The Hall–Kier alpha value is -3.20. The Balaban J connectivity index is 1.42. The maximum atomic E-state index is 14.3. The van der Waals surface area contributed by atoms with Gasteiger partial charge in [-0.1, -0.05) is 39.7 Å². The van der Waals surface area contributed by atoms with Gasteiger partial charge in [-0.15, -0.1) is 0 Å². The molecule has 0 bridgehead atoms. The Morgan fingerprint density at radius 3 is 2.42 bits per heavy atom. The van der Waals surface area contributed by atoms with Crippen molar-refractivity contribution >= 4 is 33.8 Å². The number of amides is 3. The second kappa shape index (κ2) is 16.0. The number of carbonyl (C=O) groups is 3. The molecule has 3 saturated heterocycles. The van der Waals surface area contributed by atoms with E-state index in [1.807, 2.05) is 24.3 Å². The summed E-state index contributed by atoms with van der Waals surface area (Å²) in [5, 5.41) is 0. The zero-order chi connectivity index (χ0) is 34.4. The minimum absolute atomic E-state index is 0.0392. The number of hydrogen-bond acceptors (Lipinski definition) is 7. The van der Waals surface area contributed by atoms with Gasteiger partial charge in [-0.25, -0.2) is 4.79 Å². The van der Waals surface area contributed by atoms with Crippen LogP contribution < -0.4 is 5.73 Å². The van der Waals surface area contributed by atoms with Crippen molar-refractivity contribution < 1.29 is 37.0 Å². The molecule has 2 N–H and O–H groups in total. The maximum absolute atomic E-state index is 14.3. The van der Waals surface area contributed by atoms with E-state index in [0.717, 1.165) is 35.3 Å². The number of hydrogen-bond donors (Lipinski definition) is 1. The number of nitrogens with zero attached hydrogens (tertiary/aromatic N) is 4. The number of alkyl halides is 3. The zero-order valence-electron chi connectivity index (χ0n) is 27.1. The number of ether oxygens (including phenoxy) is 2. The van der Waals surface area contributed by atoms with Crippen molar-refractivity contribution in [2.75, 3.05) is 59.0 Å². The van der Waals surface area contributed by atoms with Gasteiger partial charge in [0.15, 0.2) is 0 Å². The van der Waals surface area contributed by atoms with Crippen LogP contribution in [0.4, 0.5) is 18.0 Å². The molecule has 0 aliphatic carbocycles. The first kappa shape index (κ1) is 36.1. The fraction of sp³-hybridized carbons (Fsp3) is 0.559. The Labute approximate surface area is 287 Å². The molecule has 14 heteroatoms. The molecule has 2 aromatic rings. The average molecular weight is 739 g/mol. The quantitative estimate of drug-likeness (QED) is 0.341. The second-order valence-corrected chi connectivity index (χ2v) is 13.6. The summed E-state index contributed by atoms with van der Waals surface area (Å²) in [4.78, 5) is 49.2. The largest absolute Gasteiger partial charge is 0.444 e. The fourth-order valence-electron chi connectivity index (χ4n) is 6.73. The van der Waals surface area contributed by atoms with Crippen LogP contribution in [-0.2, 0) is 38.3 Å². The van der Waals surface area contributed by atoms with Gasteiger partial charge >= 0.3 is 12.3 Å². The van der Waals surface area contributed by atoms with Crippen LogP contribution in [0, 0.1) is 12.8 Å². The van der Waals surface area contributed by atoms with E-state index in [4.69, 9.17) is 15.2 Å². The number of piperazine rings is 1. The van der Waals surface area contributed by atoms with Gasteiger partial charge in [-0.2, -0.15) is 13.2 Å². The molecule has 5 rings (SSSR count). The molecule has 3 aliphatic rings. The molecule has 3 amide bonds. The van der Waals surface area contributed by atoms with Crippen LogP contribution in [-0.4, -0.2) is 109 Å². The van der Waals surface area contributed by atoms with Gasteiger partial charge < -0.3 is 25.0 Å². The predicted octanol–water partition coefficient (Wildman–Crippen LogP) is 4.41. The van der Waals surface area contributed by atoms with Gasteiger partial charge in [0.05, 0.1) is 31.2 Å². The summed E-state index contributed by atoms with van der Waals surface area (Å²) in [6.07, 6.45) is -4.07. The normalized spacial score (nSPS) is 22.2. The van der Waals surface area contributed by atoms with Crippen LogP contribution >= 0.6 is 15.9 Å². The molecular formula is C34H43BrF3N5O5. The third kappa shape index (κ3) is 8.87. The van der Waals surface area contributed by atoms with Crippen molar-refractivity contribution in [3.05, 3.63) is 69.2 Å². The lowest BCUT2D eigenvalue weighted by atomic mass is 9.91. The number of carbonyl (C=O) groups excluding carboxylic acids is 3. The van der Waals surface area contributed by atoms with Crippen LogP contribution in [0.3, 0.4) is 0 Å². The molecule has 0 saturated carbocycles. The van der Waals surface area contributed by atoms with Crippen molar-refractivity contribution in [3.8, 4) is 0 Å². The van der Waals surface area contributed by atoms with Gasteiger partial charge in [0, 0.05) is 37.2 Å². The first-order valence-electron chi connectivity index (χ1n) is 16.4. The lowest BCUT2D eigenvalue weighted by Crippen LogP contribution is -2.73. The molecule has 0 aromatic heterocycles. The third-order valence-corrected chi connectivity index (χ3v) is 9.72. The second-order valence-electron chi connectivity index (χ2n) is 12.7. The van der Waals surface area contributed by atoms with Crippen LogP contribution in [0.15, 0.2) is 46.9 Å². The van der Waals surface area contributed by atoms with E-state index in [-0.39, 0.29) is 37.1 Å². The minimum atomic E-state index is -4.54. The lowest BCUT2D eigenvalue weighted by Gasteiger charge is -2.53. The van der Waals surface area contributed by atoms with E-state index in [0.29, 0.717) is 64.1 Å². The molecule has 0 radical (unpaired) electrons. The summed E-state index contributed by atoms with van der Waals surface area (Å²) in [6.45, 7) is 5.53. The number of halogens is 4. The summed E-state index contributed by atoms with van der Waals surface area (Å²) in [5.41, 5.74) is 6.44. The average Bonchev–Trinajstić information content (AvgIpc) is 3.06. The van der Waals surface area contributed by atoms with E-state index in [1.54, 1.807) is 22.8 Å². The summed E-state index contributed by atoms with van der Waals surface area (Å²) in [6, 6.07) is 10.3. The Kier molecular flexibility index (Phi) is 12.0. The SMILES string of the molecule is Cc1cc(COC(=O)N2C[C@H](Cc3ccc(Br)cc3)C(=O)N3[C@@H]2CN(CCN2CCOCC2)C(=O)[C@@H]3CCCCN)cc(C(F)(F)F)c1. The number of aryl methyl sites for hydroxylation is 1. The molecule has 3 aliphatic heterocycles. The first-order valence-corrected chi connectivity index (χ1v) is 17.2. The van der Waals surface area contributed by atoms with Crippen molar-refractivity contribution in [3.63, 3.8) is 0 Å². The molecule has 3 heterocycles. The number of nitrogens with two attached hydrogens (primary N) is 1. The highest BCUT2D eigenvalue weighted by Gasteiger charge is 2.51. The van der Waals surface area contributed by atoms with Crippen molar-refractivity contribution in [2.45, 2.75) is 57.6 Å². The van der Waals surface area contributed by atoms with Crippen LogP contribution in [0.5, 0.6) is 0 Å². The van der Waals surface area contributed by atoms with Gasteiger partial charge in [0.2, 0.25) is 11.8 Å². The summed E-state index contributed by atoms with van der Waals surface area (Å²) >= 11 is 3.43. The Bertz CT molecular complexity index is 1440. The highest BCUT2D eigenvalue weighted by Crippen LogP contribution is 2.33. The van der Waals surface area contributed by atoms with Crippen LogP contribution in [0.25, 0.3) is 0 Å².